The first-order valence-electron chi connectivity index (χ1n) is 4.38. The summed E-state index contributed by atoms with van der Waals surface area (Å²) in [6.45, 7) is 1.45. The van der Waals surface area contributed by atoms with Gasteiger partial charge < -0.3 is 5.11 Å². The maximum absolute atomic E-state index is 11.9. The number of rotatable bonds is 1. The molecule has 1 N–H and O–H groups in total. The molecule has 1 aliphatic heterocycles. The largest absolute Gasteiger partial charge is 0.388 e. The van der Waals surface area contributed by atoms with E-state index in [1.165, 1.54) is 13.0 Å². The van der Waals surface area contributed by atoms with Crippen molar-refractivity contribution in [1.29, 1.82) is 0 Å². The Hall–Kier alpha value is -0.650. The van der Waals surface area contributed by atoms with Gasteiger partial charge in [0.15, 0.2) is 0 Å². The molecule has 1 aromatic carbocycles. The van der Waals surface area contributed by atoms with Crippen LogP contribution < -0.4 is 0 Å². The SMILES string of the molecule is CC(O)C1=Cc2c(Br)cccc2S1(=O)=O. The normalized spacial score (nSPS) is 19.5. The summed E-state index contributed by atoms with van der Waals surface area (Å²) in [5.74, 6) is 0. The van der Waals surface area contributed by atoms with Crippen LogP contribution in [0.1, 0.15) is 12.5 Å². The zero-order chi connectivity index (χ0) is 11.2. The molecule has 0 radical (unpaired) electrons. The lowest BCUT2D eigenvalue weighted by molar-refractivity contribution is 0.240. The molecule has 0 aromatic heterocycles. The molecule has 1 heterocycles. The van der Waals surface area contributed by atoms with E-state index >= 15 is 0 Å². The fourth-order valence-electron chi connectivity index (χ4n) is 1.58. The Bertz CT molecular complexity index is 544. The van der Waals surface area contributed by atoms with E-state index in [1.54, 1.807) is 18.2 Å². The molecule has 5 heteroatoms. The van der Waals surface area contributed by atoms with E-state index in [0.29, 0.717) is 5.56 Å². The first-order chi connectivity index (χ1) is 6.94. The van der Waals surface area contributed by atoms with Gasteiger partial charge in [0.05, 0.1) is 15.9 Å². The van der Waals surface area contributed by atoms with Crippen LogP contribution in [-0.4, -0.2) is 19.6 Å². The third kappa shape index (κ3) is 1.55. The molecule has 1 aliphatic rings. The van der Waals surface area contributed by atoms with Gasteiger partial charge >= 0.3 is 0 Å². The number of benzene rings is 1. The monoisotopic (exact) mass is 288 g/mol. The Labute approximate surface area is 96.5 Å². The molecule has 0 fully saturated rings. The fraction of sp³-hybridized carbons (Fsp3) is 0.200. The van der Waals surface area contributed by atoms with Gasteiger partial charge in [0.25, 0.3) is 0 Å². The summed E-state index contributed by atoms with van der Waals surface area (Å²) in [6, 6.07) is 4.98. The van der Waals surface area contributed by atoms with Gasteiger partial charge in [0.2, 0.25) is 9.84 Å². The number of sulfone groups is 1. The molecule has 0 saturated carbocycles. The molecular formula is C10H9BrO3S. The summed E-state index contributed by atoms with van der Waals surface area (Å²) in [5.41, 5.74) is 0.619. The molecule has 80 valence electrons. The minimum atomic E-state index is -3.49. The topological polar surface area (TPSA) is 54.4 Å². The highest BCUT2D eigenvalue weighted by Gasteiger charge is 2.32. The first kappa shape index (κ1) is 10.9. The molecule has 15 heavy (non-hydrogen) atoms. The lowest BCUT2D eigenvalue weighted by Crippen LogP contribution is -2.11. The Kier molecular flexibility index (Phi) is 2.48. The Morgan fingerprint density at radius 1 is 1.40 bits per heavy atom. The lowest BCUT2D eigenvalue weighted by atomic mass is 10.2. The van der Waals surface area contributed by atoms with Crippen LogP contribution in [0.3, 0.4) is 0 Å². The van der Waals surface area contributed by atoms with Crippen molar-refractivity contribution < 1.29 is 13.5 Å². The number of hydrogen-bond donors (Lipinski definition) is 1. The molecule has 1 unspecified atom stereocenters. The minimum Gasteiger partial charge on any atom is -0.388 e. The molecule has 0 bridgehead atoms. The third-order valence-electron chi connectivity index (χ3n) is 2.31. The van der Waals surface area contributed by atoms with Crippen molar-refractivity contribution in [3.63, 3.8) is 0 Å². The number of aliphatic hydroxyl groups excluding tert-OH is 1. The molecule has 0 amide bonds. The summed E-state index contributed by atoms with van der Waals surface area (Å²) in [6.07, 6.45) is 0.536. The zero-order valence-corrected chi connectivity index (χ0v) is 10.3. The van der Waals surface area contributed by atoms with E-state index in [1.807, 2.05) is 0 Å². The van der Waals surface area contributed by atoms with Gasteiger partial charge in [-0.15, -0.1) is 0 Å². The average molecular weight is 289 g/mol. The summed E-state index contributed by atoms with van der Waals surface area (Å²) in [5, 5.41) is 9.39. The van der Waals surface area contributed by atoms with Crippen molar-refractivity contribution in [2.45, 2.75) is 17.9 Å². The van der Waals surface area contributed by atoms with Crippen LogP contribution >= 0.6 is 15.9 Å². The maximum atomic E-state index is 11.9. The van der Waals surface area contributed by atoms with Crippen LogP contribution in [0.2, 0.25) is 0 Å². The molecule has 1 aromatic rings. The van der Waals surface area contributed by atoms with Gasteiger partial charge in [-0.1, -0.05) is 22.0 Å². The molecule has 0 saturated heterocycles. The highest BCUT2D eigenvalue weighted by atomic mass is 79.9. The van der Waals surface area contributed by atoms with Crippen LogP contribution in [0, 0.1) is 0 Å². The summed E-state index contributed by atoms with van der Waals surface area (Å²) in [4.78, 5) is 0.317. The highest BCUT2D eigenvalue weighted by molar-refractivity contribution is 9.10. The van der Waals surface area contributed by atoms with Crippen LogP contribution in [0.5, 0.6) is 0 Å². The van der Waals surface area contributed by atoms with E-state index in [-0.39, 0.29) is 9.80 Å². The van der Waals surface area contributed by atoms with E-state index in [0.717, 1.165) is 4.47 Å². The van der Waals surface area contributed by atoms with Gasteiger partial charge in [0.1, 0.15) is 0 Å². The molecule has 1 atom stereocenters. The number of hydrogen-bond acceptors (Lipinski definition) is 3. The lowest BCUT2D eigenvalue weighted by Gasteiger charge is -2.05. The van der Waals surface area contributed by atoms with Crippen LogP contribution in [0.15, 0.2) is 32.5 Å². The zero-order valence-electron chi connectivity index (χ0n) is 7.94. The first-order valence-corrected chi connectivity index (χ1v) is 6.65. The quantitative estimate of drug-likeness (QED) is 0.859. The smallest absolute Gasteiger partial charge is 0.205 e. The summed E-state index contributed by atoms with van der Waals surface area (Å²) < 4.78 is 24.6. The predicted octanol–water partition coefficient (Wildman–Crippen LogP) is 1.96. The Morgan fingerprint density at radius 2 is 2.07 bits per heavy atom. The van der Waals surface area contributed by atoms with Crippen molar-refractivity contribution >= 4 is 31.8 Å². The van der Waals surface area contributed by atoms with E-state index < -0.39 is 15.9 Å². The minimum absolute atomic E-state index is 0.0596. The average Bonchev–Trinajstić information content (AvgIpc) is 2.40. The van der Waals surface area contributed by atoms with E-state index in [4.69, 9.17) is 0 Å². The maximum Gasteiger partial charge on any atom is 0.205 e. The van der Waals surface area contributed by atoms with Crippen molar-refractivity contribution in [3.05, 3.63) is 33.1 Å². The predicted molar refractivity (Wildman–Crippen MR) is 61.0 cm³/mol. The fourth-order valence-corrected chi connectivity index (χ4v) is 3.89. The molecule has 0 spiro atoms. The number of halogens is 1. The Balaban J connectivity index is 2.75. The van der Waals surface area contributed by atoms with Crippen LogP contribution in [-0.2, 0) is 9.84 Å². The molecule has 2 rings (SSSR count). The van der Waals surface area contributed by atoms with Crippen molar-refractivity contribution in [1.82, 2.24) is 0 Å². The summed E-state index contributed by atoms with van der Waals surface area (Å²) >= 11 is 3.28. The van der Waals surface area contributed by atoms with Crippen molar-refractivity contribution in [3.8, 4) is 0 Å². The van der Waals surface area contributed by atoms with Crippen LogP contribution in [0.25, 0.3) is 6.08 Å². The van der Waals surface area contributed by atoms with Gasteiger partial charge in [-0.05, 0) is 25.1 Å². The molecule has 3 nitrogen and oxygen atoms in total. The van der Waals surface area contributed by atoms with Crippen LogP contribution in [0.4, 0.5) is 0 Å². The van der Waals surface area contributed by atoms with Gasteiger partial charge in [-0.25, -0.2) is 8.42 Å². The van der Waals surface area contributed by atoms with E-state index in [9.17, 15) is 13.5 Å². The van der Waals surface area contributed by atoms with Gasteiger partial charge in [0, 0.05) is 10.0 Å². The third-order valence-corrected chi connectivity index (χ3v) is 5.02. The van der Waals surface area contributed by atoms with E-state index in [2.05, 4.69) is 15.9 Å². The second-order valence-electron chi connectivity index (χ2n) is 3.38. The molecular weight excluding hydrogens is 280 g/mol. The number of fused-ring (bicyclic) bond motifs is 1. The van der Waals surface area contributed by atoms with Gasteiger partial charge in [-0.2, -0.15) is 0 Å². The highest BCUT2D eigenvalue weighted by Crippen LogP contribution is 2.37. The number of aliphatic hydroxyl groups is 1. The van der Waals surface area contributed by atoms with Crippen molar-refractivity contribution in [2.24, 2.45) is 0 Å². The molecule has 0 aliphatic carbocycles. The van der Waals surface area contributed by atoms with Crippen molar-refractivity contribution in [2.75, 3.05) is 0 Å². The summed E-state index contributed by atoms with van der Waals surface area (Å²) in [7, 11) is -3.49. The van der Waals surface area contributed by atoms with Gasteiger partial charge in [-0.3, -0.25) is 0 Å². The standard InChI is InChI=1S/C10H9BrO3S/c1-6(12)10-5-7-8(11)3-2-4-9(7)15(10,13)14/h2-6,12H,1H3. The second kappa shape index (κ2) is 3.43. The second-order valence-corrected chi connectivity index (χ2v) is 6.15. The Morgan fingerprint density at radius 3 is 2.60 bits per heavy atom.